The van der Waals surface area contributed by atoms with Crippen molar-refractivity contribution in [2.24, 2.45) is 0 Å². The summed E-state index contributed by atoms with van der Waals surface area (Å²) in [5, 5.41) is 2.44. The van der Waals surface area contributed by atoms with Crippen molar-refractivity contribution in [3.8, 4) is 22.6 Å². The highest BCUT2D eigenvalue weighted by atomic mass is 16.7. The minimum Gasteiger partial charge on any atom is -0.454 e. The highest BCUT2D eigenvalue weighted by molar-refractivity contribution is 6.10. The van der Waals surface area contributed by atoms with Crippen LogP contribution in [-0.2, 0) is 6.54 Å². The average Bonchev–Trinajstić information content (AvgIpc) is 2.96. The van der Waals surface area contributed by atoms with E-state index in [2.05, 4.69) is 60.5 Å². The van der Waals surface area contributed by atoms with Crippen molar-refractivity contribution < 1.29 is 9.47 Å². The van der Waals surface area contributed by atoms with E-state index in [1.807, 2.05) is 0 Å². The van der Waals surface area contributed by atoms with Gasteiger partial charge in [-0.3, -0.25) is 0 Å². The zero-order valence-electron chi connectivity index (χ0n) is 12.3. The maximum absolute atomic E-state index is 5.82. The third kappa shape index (κ3) is 1.45. The molecule has 5 rings (SSSR count). The normalized spacial score (nSPS) is 14.9. The maximum atomic E-state index is 5.82. The number of anilines is 1. The predicted octanol–water partition coefficient (Wildman–Crippen LogP) is 4.19. The van der Waals surface area contributed by atoms with E-state index in [4.69, 9.17) is 9.47 Å². The lowest BCUT2D eigenvalue weighted by atomic mass is 9.94. The second-order valence-corrected chi connectivity index (χ2v) is 5.87. The number of ether oxygens (including phenoxy) is 2. The number of hydrogen-bond acceptors (Lipinski definition) is 3. The molecule has 0 N–H and O–H groups in total. The molecule has 3 aromatic rings. The zero-order chi connectivity index (χ0) is 14.7. The maximum Gasteiger partial charge on any atom is 0.231 e. The predicted molar refractivity (Wildman–Crippen MR) is 87.6 cm³/mol. The Balaban J connectivity index is 2.02. The van der Waals surface area contributed by atoms with Gasteiger partial charge in [0.25, 0.3) is 0 Å². The van der Waals surface area contributed by atoms with Gasteiger partial charge >= 0.3 is 0 Å². The van der Waals surface area contributed by atoms with Gasteiger partial charge in [-0.1, -0.05) is 36.4 Å². The van der Waals surface area contributed by atoms with E-state index in [1.54, 1.807) is 0 Å². The fourth-order valence-corrected chi connectivity index (χ4v) is 3.61. The van der Waals surface area contributed by atoms with Crippen molar-refractivity contribution in [1.29, 1.82) is 0 Å². The first-order chi connectivity index (χ1) is 10.8. The summed E-state index contributed by atoms with van der Waals surface area (Å²) < 4.78 is 11.5. The Hall–Kier alpha value is -2.68. The fraction of sp³-hybridized carbons (Fsp3) is 0.158. The molecular weight excluding hydrogens is 274 g/mol. The van der Waals surface area contributed by atoms with Crippen LogP contribution in [0.4, 0.5) is 5.69 Å². The molecule has 0 aliphatic carbocycles. The van der Waals surface area contributed by atoms with Crippen molar-refractivity contribution in [2.45, 2.75) is 6.54 Å². The van der Waals surface area contributed by atoms with Gasteiger partial charge in [-0.05, 0) is 28.6 Å². The van der Waals surface area contributed by atoms with Gasteiger partial charge in [0.2, 0.25) is 6.79 Å². The molecule has 2 aliphatic heterocycles. The first kappa shape index (κ1) is 11.9. The number of fused-ring (bicyclic) bond motifs is 4. The van der Waals surface area contributed by atoms with Crippen LogP contribution in [0.1, 0.15) is 5.56 Å². The standard InChI is InChI=1S/C19H15NO2/c1-20-10-13-5-2-3-7-14(13)18-17-12(6-4-8-15(17)20)9-16-19(18)22-11-21-16/h2-9H,10-11H2,1H3. The Labute approximate surface area is 128 Å². The van der Waals surface area contributed by atoms with Gasteiger partial charge in [0.1, 0.15) is 0 Å². The minimum absolute atomic E-state index is 0.298. The Kier molecular flexibility index (Phi) is 2.26. The van der Waals surface area contributed by atoms with Gasteiger partial charge < -0.3 is 14.4 Å². The molecule has 3 aromatic carbocycles. The molecule has 3 heteroatoms. The second-order valence-electron chi connectivity index (χ2n) is 5.87. The zero-order valence-corrected chi connectivity index (χ0v) is 12.3. The van der Waals surface area contributed by atoms with Crippen LogP contribution in [-0.4, -0.2) is 13.8 Å². The Morgan fingerprint density at radius 1 is 1.00 bits per heavy atom. The number of rotatable bonds is 0. The molecule has 0 amide bonds. The van der Waals surface area contributed by atoms with Crippen molar-refractivity contribution in [3.63, 3.8) is 0 Å². The molecule has 22 heavy (non-hydrogen) atoms. The second kappa shape index (κ2) is 4.17. The van der Waals surface area contributed by atoms with Crippen molar-refractivity contribution >= 4 is 16.5 Å². The van der Waals surface area contributed by atoms with Gasteiger partial charge in [-0.2, -0.15) is 0 Å². The summed E-state index contributed by atoms with van der Waals surface area (Å²) in [6.07, 6.45) is 0. The van der Waals surface area contributed by atoms with E-state index in [-0.39, 0.29) is 0 Å². The summed E-state index contributed by atoms with van der Waals surface area (Å²) in [5.41, 5.74) is 4.96. The molecule has 0 atom stereocenters. The lowest BCUT2D eigenvalue weighted by Gasteiger charge is -2.19. The summed E-state index contributed by atoms with van der Waals surface area (Å²) in [5.74, 6) is 1.72. The van der Waals surface area contributed by atoms with Crippen LogP contribution in [0.25, 0.3) is 21.9 Å². The molecule has 0 aromatic heterocycles. The van der Waals surface area contributed by atoms with Crippen LogP contribution in [0, 0.1) is 0 Å². The highest BCUT2D eigenvalue weighted by Crippen LogP contribution is 2.51. The quantitative estimate of drug-likeness (QED) is 0.619. The van der Waals surface area contributed by atoms with Crippen LogP contribution in [0.5, 0.6) is 11.5 Å². The lowest BCUT2D eigenvalue weighted by Crippen LogP contribution is -2.15. The molecule has 0 spiro atoms. The summed E-state index contributed by atoms with van der Waals surface area (Å²) in [4.78, 5) is 2.31. The fourth-order valence-electron chi connectivity index (χ4n) is 3.61. The first-order valence-electron chi connectivity index (χ1n) is 7.47. The van der Waals surface area contributed by atoms with Crippen LogP contribution < -0.4 is 14.4 Å². The molecule has 2 aliphatic rings. The molecular formula is C19H15NO2. The smallest absolute Gasteiger partial charge is 0.231 e. The van der Waals surface area contributed by atoms with Crippen LogP contribution in [0.2, 0.25) is 0 Å². The third-order valence-electron chi connectivity index (χ3n) is 4.59. The Morgan fingerprint density at radius 2 is 1.91 bits per heavy atom. The van der Waals surface area contributed by atoms with Crippen LogP contribution in [0.3, 0.4) is 0 Å². The van der Waals surface area contributed by atoms with Crippen molar-refractivity contribution in [1.82, 2.24) is 0 Å². The minimum atomic E-state index is 0.298. The van der Waals surface area contributed by atoms with Gasteiger partial charge in [-0.25, -0.2) is 0 Å². The number of nitrogens with zero attached hydrogens (tertiary/aromatic N) is 1. The SMILES string of the molecule is CN1Cc2ccccc2-c2c3c(cc4cccc1c24)OCO3. The van der Waals surface area contributed by atoms with Gasteiger partial charge in [0, 0.05) is 30.2 Å². The molecule has 0 fully saturated rings. The molecule has 0 unspecified atom stereocenters. The van der Waals surface area contributed by atoms with Crippen molar-refractivity contribution in [2.75, 3.05) is 18.7 Å². The molecule has 0 bridgehead atoms. The van der Waals surface area contributed by atoms with Gasteiger partial charge in [0.15, 0.2) is 11.5 Å². The molecule has 0 radical (unpaired) electrons. The van der Waals surface area contributed by atoms with E-state index < -0.39 is 0 Å². The average molecular weight is 289 g/mol. The van der Waals surface area contributed by atoms with Gasteiger partial charge in [0.05, 0.1) is 0 Å². The highest BCUT2D eigenvalue weighted by Gasteiger charge is 2.27. The Bertz CT molecular complexity index is 917. The van der Waals surface area contributed by atoms with E-state index in [0.29, 0.717) is 6.79 Å². The summed E-state index contributed by atoms with van der Waals surface area (Å²) in [7, 11) is 2.14. The lowest BCUT2D eigenvalue weighted by molar-refractivity contribution is 0.174. The van der Waals surface area contributed by atoms with Gasteiger partial charge in [-0.15, -0.1) is 0 Å². The molecule has 0 saturated heterocycles. The van der Waals surface area contributed by atoms with E-state index in [1.165, 1.54) is 33.2 Å². The van der Waals surface area contributed by atoms with Crippen molar-refractivity contribution in [3.05, 3.63) is 54.1 Å². The van der Waals surface area contributed by atoms with Crippen LogP contribution in [0.15, 0.2) is 48.5 Å². The first-order valence-corrected chi connectivity index (χ1v) is 7.47. The largest absolute Gasteiger partial charge is 0.454 e. The van der Waals surface area contributed by atoms with E-state index in [0.717, 1.165) is 18.0 Å². The molecule has 2 heterocycles. The molecule has 108 valence electrons. The topological polar surface area (TPSA) is 21.7 Å². The number of hydrogen-bond donors (Lipinski definition) is 0. The molecule has 0 saturated carbocycles. The molecule has 3 nitrogen and oxygen atoms in total. The monoisotopic (exact) mass is 289 g/mol. The van der Waals surface area contributed by atoms with Crippen LogP contribution >= 0.6 is 0 Å². The van der Waals surface area contributed by atoms with E-state index in [9.17, 15) is 0 Å². The summed E-state index contributed by atoms with van der Waals surface area (Å²) in [6.45, 7) is 1.19. The number of benzene rings is 3. The summed E-state index contributed by atoms with van der Waals surface area (Å²) >= 11 is 0. The third-order valence-corrected chi connectivity index (χ3v) is 4.59. The van der Waals surface area contributed by atoms with E-state index >= 15 is 0 Å². The summed E-state index contributed by atoms with van der Waals surface area (Å²) in [6, 6.07) is 17.1. The Morgan fingerprint density at radius 3 is 2.86 bits per heavy atom.